The van der Waals surface area contributed by atoms with Crippen LogP contribution in [0.1, 0.15) is 29.5 Å². The lowest BCUT2D eigenvalue weighted by molar-refractivity contribution is -0.140. The number of urea groups is 1. The van der Waals surface area contributed by atoms with Crippen LogP contribution < -0.4 is 15.0 Å². The third-order valence-electron chi connectivity index (χ3n) is 7.67. The first-order valence-corrected chi connectivity index (χ1v) is 15.2. The van der Waals surface area contributed by atoms with Crippen molar-refractivity contribution in [2.45, 2.75) is 32.9 Å². The van der Waals surface area contributed by atoms with E-state index in [-0.39, 0.29) is 44.4 Å². The van der Waals surface area contributed by atoms with Gasteiger partial charge in [0.15, 0.2) is 0 Å². The molecule has 45 heavy (non-hydrogen) atoms. The SMILES string of the molecule is Cc1ccc(N2CC(CC(=O)O)(CC(=O)Nc3cccc(OCc4ccccc4)c3)CN(Cc3ccc(Cl)cc3Cl)C2=O)cc1. The van der Waals surface area contributed by atoms with E-state index in [1.807, 2.05) is 61.5 Å². The molecule has 0 bridgehead atoms. The van der Waals surface area contributed by atoms with Gasteiger partial charge in [-0.15, -0.1) is 0 Å². The second kappa shape index (κ2) is 14.1. The van der Waals surface area contributed by atoms with Gasteiger partial charge in [0.1, 0.15) is 12.4 Å². The molecule has 1 heterocycles. The van der Waals surface area contributed by atoms with E-state index in [1.165, 1.54) is 0 Å². The minimum absolute atomic E-state index is 0.0348. The highest BCUT2D eigenvalue weighted by atomic mass is 35.5. The number of halogens is 2. The van der Waals surface area contributed by atoms with Gasteiger partial charge in [-0.1, -0.05) is 83.4 Å². The van der Waals surface area contributed by atoms with Crippen molar-refractivity contribution in [3.63, 3.8) is 0 Å². The van der Waals surface area contributed by atoms with Gasteiger partial charge in [-0.25, -0.2) is 4.79 Å². The molecule has 5 rings (SSSR count). The lowest BCUT2D eigenvalue weighted by Crippen LogP contribution is -2.59. The molecule has 4 aromatic rings. The lowest BCUT2D eigenvalue weighted by Gasteiger charge is -2.47. The predicted octanol–water partition coefficient (Wildman–Crippen LogP) is 7.81. The number of aliphatic carboxylic acids is 1. The Morgan fingerprint density at radius 2 is 1.67 bits per heavy atom. The number of aryl methyl sites for hydroxylation is 1. The summed E-state index contributed by atoms with van der Waals surface area (Å²) in [6, 6.07) is 28.9. The Labute approximate surface area is 272 Å². The third-order valence-corrected chi connectivity index (χ3v) is 8.26. The second-order valence-electron chi connectivity index (χ2n) is 11.4. The van der Waals surface area contributed by atoms with Crippen LogP contribution in [0.2, 0.25) is 10.0 Å². The highest BCUT2D eigenvalue weighted by Gasteiger charge is 2.46. The smallest absolute Gasteiger partial charge is 0.324 e. The van der Waals surface area contributed by atoms with Gasteiger partial charge in [0, 0.05) is 59.0 Å². The van der Waals surface area contributed by atoms with Gasteiger partial charge in [-0.3, -0.25) is 14.5 Å². The van der Waals surface area contributed by atoms with E-state index in [4.69, 9.17) is 27.9 Å². The maximum Gasteiger partial charge on any atom is 0.324 e. The summed E-state index contributed by atoms with van der Waals surface area (Å²) in [6.45, 7) is 2.50. The third kappa shape index (κ3) is 8.35. The molecule has 2 N–H and O–H groups in total. The maximum absolute atomic E-state index is 13.9. The molecule has 1 fully saturated rings. The van der Waals surface area contributed by atoms with Gasteiger partial charge in [0.2, 0.25) is 5.91 Å². The van der Waals surface area contributed by atoms with Crippen molar-refractivity contribution in [3.8, 4) is 5.75 Å². The fourth-order valence-electron chi connectivity index (χ4n) is 5.56. The first kappa shape index (κ1) is 31.9. The Kier molecular flexibility index (Phi) is 9.96. The van der Waals surface area contributed by atoms with Gasteiger partial charge in [0.25, 0.3) is 0 Å². The molecule has 1 aliphatic rings. The number of hydrogen-bond donors (Lipinski definition) is 2. The quantitative estimate of drug-likeness (QED) is 0.173. The van der Waals surface area contributed by atoms with E-state index >= 15 is 0 Å². The number of nitrogens with zero attached hydrogens (tertiary/aromatic N) is 2. The van der Waals surface area contributed by atoms with E-state index in [9.17, 15) is 19.5 Å². The molecule has 0 spiro atoms. The average Bonchev–Trinajstić information content (AvgIpc) is 3.00. The number of carboxylic acid groups (broad SMARTS) is 1. The molecule has 0 aliphatic carbocycles. The maximum atomic E-state index is 13.9. The van der Waals surface area contributed by atoms with Gasteiger partial charge >= 0.3 is 12.0 Å². The van der Waals surface area contributed by atoms with E-state index < -0.39 is 11.4 Å². The molecule has 3 amide bonds. The van der Waals surface area contributed by atoms with Crippen molar-refractivity contribution >= 4 is 52.5 Å². The van der Waals surface area contributed by atoms with Crippen LogP contribution in [0.15, 0.2) is 97.1 Å². The Morgan fingerprint density at radius 1 is 0.911 bits per heavy atom. The van der Waals surface area contributed by atoms with Crippen molar-refractivity contribution in [1.29, 1.82) is 0 Å². The number of hydrogen-bond acceptors (Lipinski definition) is 4. The second-order valence-corrected chi connectivity index (χ2v) is 12.2. The Bertz CT molecular complexity index is 1680. The number of ether oxygens (including phenoxy) is 1. The van der Waals surface area contributed by atoms with E-state index in [0.29, 0.717) is 39.3 Å². The number of amides is 3. The van der Waals surface area contributed by atoms with Gasteiger partial charge < -0.3 is 20.1 Å². The molecular formula is C35H33Cl2N3O5. The van der Waals surface area contributed by atoms with Crippen LogP contribution in [0.25, 0.3) is 0 Å². The summed E-state index contributed by atoms with van der Waals surface area (Å²) in [5.41, 5.74) is 2.69. The van der Waals surface area contributed by atoms with Crippen LogP contribution in [0, 0.1) is 12.3 Å². The van der Waals surface area contributed by atoms with Crippen molar-refractivity contribution < 1.29 is 24.2 Å². The highest BCUT2D eigenvalue weighted by molar-refractivity contribution is 6.35. The number of carboxylic acids is 1. The summed E-state index contributed by atoms with van der Waals surface area (Å²) < 4.78 is 5.91. The molecule has 10 heteroatoms. The van der Waals surface area contributed by atoms with E-state index in [2.05, 4.69) is 5.32 Å². The summed E-state index contributed by atoms with van der Waals surface area (Å²) in [4.78, 5) is 42.8. The zero-order chi connectivity index (χ0) is 32.0. The fourth-order valence-corrected chi connectivity index (χ4v) is 6.03. The standard InChI is InChI=1S/C35H33Cl2N3O5/c1-24-10-14-29(15-11-24)40-23-35(19-33(42)43,22-39(34(40)44)20-26-12-13-27(36)16-31(26)37)18-32(41)38-28-8-5-9-30(17-28)45-21-25-6-3-2-4-7-25/h2-17H,18-23H2,1H3,(H,38,41)(H,42,43). The van der Waals surface area contributed by atoms with Crippen LogP contribution >= 0.6 is 23.2 Å². The van der Waals surface area contributed by atoms with Crippen LogP contribution in [0.5, 0.6) is 5.75 Å². The molecule has 1 saturated heterocycles. The molecule has 1 unspecified atom stereocenters. The van der Waals surface area contributed by atoms with Gasteiger partial charge in [0.05, 0.1) is 6.42 Å². The number of nitrogens with one attached hydrogen (secondary N) is 1. The van der Waals surface area contributed by atoms with Gasteiger partial charge in [-0.2, -0.15) is 0 Å². The number of rotatable bonds is 11. The van der Waals surface area contributed by atoms with E-state index in [1.54, 1.807) is 52.3 Å². The normalized spacial score (nSPS) is 16.4. The van der Waals surface area contributed by atoms with Crippen molar-refractivity contribution in [3.05, 3.63) is 124 Å². The lowest BCUT2D eigenvalue weighted by atomic mass is 9.78. The van der Waals surface area contributed by atoms with Crippen molar-refractivity contribution in [2.75, 3.05) is 23.3 Å². The van der Waals surface area contributed by atoms with Crippen LogP contribution in [0.4, 0.5) is 16.2 Å². The number of carbonyl (C=O) groups is 3. The fraction of sp³-hybridized carbons (Fsp3) is 0.229. The molecular weight excluding hydrogens is 613 g/mol. The molecule has 0 radical (unpaired) electrons. The summed E-state index contributed by atoms with van der Waals surface area (Å²) in [5.74, 6) is -0.863. The highest BCUT2D eigenvalue weighted by Crippen LogP contribution is 2.38. The minimum atomic E-state index is -1.12. The zero-order valence-corrected chi connectivity index (χ0v) is 26.2. The number of anilines is 2. The monoisotopic (exact) mass is 645 g/mol. The summed E-state index contributed by atoms with van der Waals surface area (Å²) in [7, 11) is 0. The van der Waals surface area contributed by atoms with E-state index in [0.717, 1.165) is 11.1 Å². The largest absolute Gasteiger partial charge is 0.489 e. The Balaban J connectivity index is 1.40. The Hall–Kier alpha value is -4.53. The minimum Gasteiger partial charge on any atom is -0.489 e. The molecule has 1 aliphatic heterocycles. The molecule has 232 valence electrons. The number of benzene rings is 4. The van der Waals surface area contributed by atoms with Crippen LogP contribution in [-0.2, 0) is 22.7 Å². The van der Waals surface area contributed by atoms with Crippen molar-refractivity contribution in [1.82, 2.24) is 4.90 Å². The average molecular weight is 647 g/mol. The molecule has 4 aromatic carbocycles. The van der Waals surface area contributed by atoms with Gasteiger partial charge in [-0.05, 0) is 54.4 Å². The summed E-state index contributed by atoms with van der Waals surface area (Å²) in [6.07, 6.45) is -0.476. The topological polar surface area (TPSA) is 99.2 Å². The molecule has 0 saturated carbocycles. The molecule has 1 atom stereocenters. The predicted molar refractivity (Wildman–Crippen MR) is 176 cm³/mol. The first-order chi connectivity index (χ1) is 21.6. The summed E-state index contributed by atoms with van der Waals surface area (Å²) >= 11 is 12.6. The van der Waals surface area contributed by atoms with Crippen LogP contribution in [-0.4, -0.2) is 41.0 Å². The van der Waals surface area contributed by atoms with Crippen molar-refractivity contribution in [2.24, 2.45) is 5.41 Å². The zero-order valence-electron chi connectivity index (χ0n) is 24.7. The summed E-state index contributed by atoms with van der Waals surface area (Å²) in [5, 5.41) is 13.8. The molecule has 0 aromatic heterocycles. The first-order valence-electron chi connectivity index (χ1n) is 14.4. The Morgan fingerprint density at radius 3 is 2.38 bits per heavy atom. The number of carbonyl (C=O) groups excluding carboxylic acids is 2. The molecule has 8 nitrogen and oxygen atoms in total. The van der Waals surface area contributed by atoms with Crippen LogP contribution in [0.3, 0.4) is 0 Å².